The first-order valence-corrected chi connectivity index (χ1v) is 8.18. The molecule has 0 amide bonds. The van der Waals surface area contributed by atoms with Crippen LogP contribution in [0, 0.1) is 13.5 Å². The third-order valence-electron chi connectivity index (χ3n) is 4.09. The normalized spacial score (nSPS) is 9.86. The predicted molar refractivity (Wildman–Crippen MR) is 105 cm³/mol. The maximum Gasteiger partial charge on any atom is 0.323 e. The number of carboxylic acid groups (broad SMARTS) is 1. The van der Waals surface area contributed by atoms with Crippen molar-refractivity contribution in [2.45, 2.75) is 13.5 Å². The highest BCUT2D eigenvalue weighted by molar-refractivity contribution is 5.72. The second kappa shape index (κ2) is 8.69. The van der Waals surface area contributed by atoms with Gasteiger partial charge in [0.05, 0.1) is 20.8 Å². The highest BCUT2D eigenvalue weighted by Crippen LogP contribution is 2.37. The summed E-state index contributed by atoms with van der Waals surface area (Å²) < 4.78 is 10.8. The summed E-state index contributed by atoms with van der Waals surface area (Å²) in [5.74, 6) is -1.84. The Bertz CT molecular complexity index is 1110. The number of ether oxygens (including phenoxy) is 2. The van der Waals surface area contributed by atoms with Crippen molar-refractivity contribution in [2.75, 3.05) is 14.2 Å². The molecule has 0 fully saturated rings. The Kier molecular flexibility index (Phi) is 6.34. The number of methoxy groups -OCH3 is 2. The van der Waals surface area contributed by atoms with E-state index < -0.39 is 24.0 Å². The van der Waals surface area contributed by atoms with Crippen molar-refractivity contribution in [3.05, 3.63) is 56.3 Å². The van der Waals surface area contributed by atoms with Crippen molar-refractivity contribution in [3.8, 4) is 23.1 Å². The summed E-state index contributed by atoms with van der Waals surface area (Å²) in [5, 5.41) is 29.0. The molecule has 1 aromatic heterocycles. The second-order valence-electron chi connectivity index (χ2n) is 5.84. The Morgan fingerprint density at radius 2 is 1.83 bits per heavy atom. The summed E-state index contributed by atoms with van der Waals surface area (Å²) in [7, 11) is 2.77. The number of rotatable bonds is 6. The Hall–Kier alpha value is -4.15. The van der Waals surface area contributed by atoms with E-state index in [1.54, 1.807) is 0 Å². The minimum atomic E-state index is -1.34. The molecule has 0 bridgehead atoms. The first-order chi connectivity index (χ1) is 13.7. The maximum atomic E-state index is 12.6. The monoisotopic (exact) mass is 398 g/mol. The molecule has 0 atom stereocenters. The molecular weight excluding hydrogens is 380 g/mol. The molecule has 9 heteroatoms. The van der Waals surface area contributed by atoms with E-state index in [-0.39, 0.29) is 34.1 Å². The predicted octanol–water partition coefficient (Wildman–Crippen LogP) is 2.55. The fraction of sp³-hybridized carbons (Fsp3) is 0.200. The van der Waals surface area contributed by atoms with Crippen LogP contribution < -0.4 is 15.0 Å². The first-order valence-electron chi connectivity index (χ1n) is 8.18. The number of aromatic nitrogens is 1. The number of nitrogens with zero attached hydrogens (tertiary/aromatic N) is 2. The molecule has 1 aromatic carbocycles. The van der Waals surface area contributed by atoms with Crippen LogP contribution >= 0.6 is 0 Å². The Morgan fingerprint density at radius 3 is 2.31 bits per heavy atom. The van der Waals surface area contributed by atoms with Crippen molar-refractivity contribution < 1.29 is 29.6 Å². The van der Waals surface area contributed by atoms with Gasteiger partial charge in [-0.2, -0.15) is 0 Å². The van der Waals surface area contributed by atoms with E-state index in [0.717, 1.165) is 0 Å². The van der Waals surface area contributed by atoms with Crippen LogP contribution in [-0.2, 0) is 11.3 Å². The van der Waals surface area contributed by atoms with Crippen LogP contribution in [0.15, 0.2) is 22.7 Å². The summed E-state index contributed by atoms with van der Waals surface area (Å²) >= 11 is 0. The molecule has 0 aliphatic rings. The lowest BCUT2D eigenvalue weighted by Gasteiger charge is -2.11. The van der Waals surface area contributed by atoms with Crippen LogP contribution in [-0.4, -0.2) is 40.1 Å². The molecule has 0 unspecified atom stereocenters. The lowest BCUT2D eigenvalue weighted by atomic mass is 10.1. The molecule has 0 aliphatic carbocycles. The molecule has 0 saturated heterocycles. The number of phenols is 1. The number of phenolic OH excluding ortho intramolecular Hbond substituents is 1. The van der Waals surface area contributed by atoms with Crippen LogP contribution in [0.5, 0.6) is 23.1 Å². The topological polar surface area (TPSA) is 123 Å². The van der Waals surface area contributed by atoms with Crippen LogP contribution in [0.1, 0.15) is 16.7 Å². The molecule has 2 aromatic rings. The molecule has 0 saturated carbocycles. The fourth-order valence-corrected chi connectivity index (χ4v) is 2.63. The van der Waals surface area contributed by atoms with Gasteiger partial charge in [-0.25, -0.2) is 4.85 Å². The number of benzene rings is 1. The summed E-state index contributed by atoms with van der Waals surface area (Å²) in [6, 6.07) is 3.05. The highest BCUT2D eigenvalue weighted by atomic mass is 16.5. The van der Waals surface area contributed by atoms with Gasteiger partial charge >= 0.3 is 5.97 Å². The summed E-state index contributed by atoms with van der Waals surface area (Å²) in [5.41, 5.74) is 2.56. The number of aromatic hydroxyl groups is 2. The first kappa shape index (κ1) is 21.2. The Labute approximate surface area is 165 Å². The van der Waals surface area contributed by atoms with Crippen molar-refractivity contribution in [3.63, 3.8) is 0 Å². The third kappa shape index (κ3) is 4.24. The fourth-order valence-electron chi connectivity index (χ4n) is 2.63. The lowest BCUT2D eigenvalue weighted by molar-refractivity contribution is -0.137. The molecular formula is C20H18N2O7. The highest BCUT2D eigenvalue weighted by Gasteiger charge is 2.19. The van der Waals surface area contributed by atoms with E-state index in [1.165, 1.54) is 45.4 Å². The van der Waals surface area contributed by atoms with Crippen LogP contribution in [0.2, 0.25) is 0 Å². The molecule has 0 spiro atoms. The lowest BCUT2D eigenvalue weighted by Crippen LogP contribution is -2.26. The number of pyridine rings is 1. The van der Waals surface area contributed by atoms with Gasteiger partial charge in [0.1, 0.15) is 6.54 Å². The molecule has 150 valence electrons. The van der Waals surface area contributed by atoms with Crippen molar-refractivity contribution in [2.24, 2.45) is 0 Å². The van der Waals surface area contributed by atoms with E-state index in [0.29, 0.717) is 10.1 Å². The van der Waals surface area contributed by atoms with Crippen LogP contribution in [0.25, 0.3) is 17.0 Å². The summed E-state index contributed by atoms with van der Waals surface area (Å²) in [6.07, 6.45) is 2.77. The zero-order chi connectivity index (χ0) is 21.7. The SMILES string of the molecule is [C-]#[N+]c1c(C)c(C=C=Cc2cc(OC)c(O)c(OC)c2)c(=O)n(CC(=O)O)c1O. The largest absolute Gasteiger partial charge is 0.503 e. The molecule has 0 radical (unpaired) electrons. The average Bonchev–Trinajstić information content (AvgIpc) is 2.69. The van der Waals surface area contributed by atoms with Gasteiger partial charge in [0, 0.05) is 5.56 Å². The van der Waals surface area contributed by atoms with Gasteiger partial charge in [-0.3, -0.25) is 14.2 Å². The van der Waals surface area contributed by atoms with Gasteiger partial charge < -0.3 is 24.8 Å². The standard InChI is InChI=1S/C20H18N2O7/c1-11-13(19(26)22(10-16(23)24)20(27)17(11)21-2)7-5-6-12-8-14(28-3)18(25)15(9-12)29-4/h6-9,25,27H,10H2,1,3-4H3,(H,23,24). The van der Waals surface area contributed by atoms with Crippen LogP contribution in [0.3, 0.4) is 0 Å². The molecule has 29 heavy (non-hydrogen) atoms. The number of aliphatic carboxylic acids is 1. The summed E-state index contributed by atoms with van der Waals surface area (Å²) in [6.45, 7) is 7.89. The third-order valence-corrected chi connectivity index (χ3v) is 4.09. The number of hydrogen-bond acceptors (Lipinski definition) is 6. The summed E-state index contributed by atoms with van der Waals surface area (Å²) in [4.78, 5) is 26.8. The van der Waals surface area contributed by atoms with Crippen LogP contribution in [0.4, 0.5) is 5.69 Å². The van der Waals surface area contributed by atoms with Crippen molar-refractivity contribution in [1.82, 2.24) is 4.57 Å². The van der Waals surface area contributed by atoms with Gasteiger partial charge in [0.2, 0.25) is 11.4 Å². The zero-order valence-electron chi connectivity index (χ0n) is 15.9. The van der Waals surface area contributed by atoms with Crippen molar-refractivity contribution >= 4 is 23.8 Å². The zero-order valence-corrected chi connectivity index (χ0v) is 15.9. The van der Waals surface area contributed by atoms with Gasteiger partial charge in [-0.05, 0) is 42.3 Å². The minimum absolute atomic E-state index is 0.0176. The number of hydrogen-bond donors (Lipinski definition) is 3. The van der Waals surface area contributed by atoms with Gasteiger partial charge in [-0.15, -0.1) is 5.73 Å². The van der Waals surface area contributed by atoms with E-state index >= 15 is 0 Å². The van der Waals surface area contributed by atoms with E-state index in [9.17, 15) is 19.8 Å². The average molecular weight is 398 g/mol. The smallest absolute Gasteiger partial charge is 0.323 e. The van der Waals surface area contributed by atoms with E-state index in [1.807, 2.05) is 0 Å². The number of carbonyl (C=O) groups is 1. The molecule has 9 nitrogen and oxygen atoms in total. The van der Waals surface area contributed by atoms with E-state index in [4.69, 9.17) is 21.2 Å². The van der Waals surface area contributed by atoms with Crippen molar-refractivity contribution in [1.29, 1.82) is 0 Å². The van der Waals surface area contributed by atoms with E-state index in [2.05, 4.69) is 10.6 Å². The Morgan fingerprint density at radius 1 is 1.24 bits per heavy atom. The maximum absolute atomic E-state index is 12.6. The second-order valence-corrected chi connectivity index (χ2v) is 5.84. The molecule has 2 rings (SSSR count). The molecule has 3 N–H and O–H groups in total. The van der Waals surface area contributed by atoms with Gasteiger partial charge in [0.25, 0.3) is 5.56 Å². The molecule has 0 aliphatic heterocycles. The number of carboxylic acids is 1. The molecule has 1 heterocycles. The van der Waals surface area contributed by atoms with Gasteiger partial charge in [-0.1, -0.05) is 0 Å². The Balaban J connectivity index is 2.62. The quantitative estimate of drug-likeness (QED) is 0.505. The van der Waals surface area contributed by atoms with Gasteiger partial charge in [0.15, 0.2) is 17.4 Å². The minimum Gasteiger partial charge on any atom is -0.503 e.